The summed E-state index contributed by atoms with van der Waals surface area (Å²) in [6.45, 7) is 6.57. The predicted octanol–water partition coefficient (Wildman–Crippen LogP) is 2.10. The molecule has 0 saturated heterocycles. The first-order chi connectivity index (χ1) is 4.67. The number of H-pyrrole nitrogens is 1. The van der Waals surface area contributed by atoms with Gasteiger partial charge in [0.2, 0.25) is 0 Å². The van der Waals surface area contributed by atoms with Crippen molar-refractivity contribution in [2.75, 3.05) is 0 Å². The van der Waals surface area contributed by atoms with Crippen molar-refractivity contribution in [2.45, 2.75) is 32.6 Å². The van der Waals surface area contributed by atoms with Gasteiger partial charge in [0, 0.05) is 11.6 Å². The summed E-state index contributed by atoms with van der Waals surface area (Å²) in [5.41, 5.74) is 1.37. The second-order valence-corrected chi connectivity index (χ2v) is 3.20. The second kappa shape index (κ2) is 2.45. The monoisotopic (exact) mass is 138 g/mol. The summed E-state index contributed by atoms with van der Waals surface area (Å²) in [6, 6.07) is 2.03. The van der Waals surface area contributed by atoms with Gasteiger partial charge in [0.1, 0.15) is 0 Å². The Labute approximate surface area is 61.7 Å². The van der Waals surface area contributed by atoms with Crippen LogP contribution < -0.4 is 0 Å². The Morgan fingerprint density at radius 2 is 2.30 bits per heavy atom. The molecule has 1 rings (SSSR count). The van der Waals surface area contributed by atoms with Crippen LogP contribution in [0.4, 0.5) is 0 Å². The van der Waals surface area contributed by atoms with Gasteiger partial charge in [-0.25, -0.2) is 0 Å². The van der Waals surface area contributed by atoms with Crippen LogP contribution in [0.25, 0.3) is 0 Å². The zero-order valence-electron chi connectivity index (χ0n) is 6.81. The number of hydrogen-bond acceptors (Lipinski definition) is 1. The minimum atomic E-state index is 0.222. The molecule has 1 N–H and O–H groups in total. The summed E-state index contributed by atoms with van der Waals surface area (Å²) in [6.07, 6.45) is 2.99. The third kappa shape index (κ3) is 1.20. The molecule has 0 bridgehead atoms. The predicted molar refractivity (Wildman–Crippen MR) is 41.9 cm³/mol. The molecule has 0 aliphatic carbocycles. The zero-order valence-corrected chi connectivity index (χ0v) is 6.81. The largest absolute Gasteiger partial charge is 0.285 e. The van der Waals surface area contributed by atoms with Gasteiger partial charge in [-0.1, -0.05) is 20.8 Å². The van der Waals surface area contributed by atoms with Crippen LogP contribution in [-0.4, -0.2) is 10.2 Å². The number of rotatable bonds is 2. The fraction of sp³-hybridized carbons (Fsp3) is 0.625. The number of nitrogens with zero attached hydrogens (tertiary/aromatic N) is 1. The molecule has 0 spiro atoms. The molecule has 0 saturated carbocycles. The summed E-state index contributed by atoms with van der Waals surface area (Å²) < 4.78 is 0. The Morgan fingerprint density at radius 1 is 1.60 bits per heavy atom. The van der Waals surface area contributed by atoms with Crippen LogP contribution in [-0.2, 0) is 5.41 Å². The average molecular weight is 138 g/mol. The van der Waals surface area contributed by atoms with E-state index in [4.69, 9.17) is 0 Å². The molecule has 1 aromatic heterocycles. The fourth-order valence-corrected chi connectivity index (χ4v) is 0.818. The molecule has 0 unspecified atom stereocenters. The van der Waals surface area contributed by atoms with Crippen molar-refractivity contribution < 1.29 is 0 Å². The highest BCUT2D eigenvalue weighted by molar-refractivity contribution is 5.10. The molecule has 0 fully saturated rings. The molecule has 0 aromatic carbocycles. The first kappa shape index (κ1) is 7.32. The van der Waals surface area contributed by atoms with Gasteiger partial charge in [-0.05, 0) is 12.5 Å². The van der Waals surface area contributed by atoms with E-state index >= 15 is 0 Å². The zero-order chi connectivity index (χ0) is 7.61. The SMILES string of the molecule is CCC(C)(C)c1cc[nH]n1. The van der Waals surface area contributed by atoms with Crippen molar-refractivity contribution in [1.29, 1.82) is 0 Å². The van der Waals surface area contributed by atoms with Gasteiger partial charge in [-0.3, -0.25) is 5.10 Å². The maximum absolute atomic E-state index is 4.13. The summed E-state index contributed by atoms with van der Waals surface area (Å²) in [4.78, 5) is 0. The molecular weight excluding hydrogens is 124 g/mol. The van der Waals surface area contributed by atoms with Crippen molar-refractivity contribution in [3.05, 3.63) is 18.0 Å². The van der Waals surface area contributed by atoms with Gasteiger partial charge in [0.05, 0.1) is 5.69 Å². The Balaban J connectivity index is 2.85. The quantitative estimate of drug-likeness (QED) is 0.666. The van der Waals surface area contributed by atoms with E-state index in [1.54, 1.807) is 0 Å². The second-order valence-electron chi connectivity index (χ2n) is 3.20. The van der Waals surface area contributed by atoms with Crippen molar-refractivity contribution in [3.8, 4) is 0 Å². The van der Waals surface area contributed by atoms with Gasteiger partial charge < -0.3 is 0 Å². The maximum Gasteiger partial charge on any atom is 0.0678 e. The van der Waals surface area contributed by atoms with E-state index in [2.05, 4.69) is 31.0 Å². The summed E-state index contributed by atoms with van der Waals surface area (Å²) >= 11 is 0. The van der Waals surface area contributed by atoms with Crippen molar-refractivity contribution in [1.82, 2.24) is 10.2 Å². The number of aromatic amines is 1. The third-order valence-corrected chi connectivity index (χ3v) is 2.08. The minimum Gasteiger partial charge on any atom is -0.285 e. The van der Waals surface area contributed by atoms with Gasteiger partial charge in [0.15, 0.2) is 0 Å². The lowest BCUT2D eigenvalue weighted by Crippen LogP contribution is -2.15. The summed E-state index contributed by atoms with van der Waals surface area (Å²) in [5, 5.41) is 6.95. The van der Waals surface area contributed by atoms with Gasteiger partial charge in [-0.2, -0.15) is 5.10 Å². The van der Waals surface area contributed by atoms with Crippen molar-refractivity contribution >= 4 is 0 Å². The first-order valence-corrected chi connectivity index (χ1v) is 3.67. The summed E-state index contributed by atoms with van der Waals surface area (Å²) in [7, 11) is 0. The van der Waals surface area contributed by atoms with E-state index in [-0.39, 0.29) is 5.41 Å². The molecule has 0 aliphatic heterocycles. The lowest BCUT2D eigenvalue weighted by atomic mass is 9.87. The fourth-order valence-electron chi connectivity index (χ4n) is 0.818. The van der Waals surface area contributed by atoms with Crippen molar-refractivity contribution in [2.24, 2.45) is 0 Å². The molecule has 2 heteroatoms. The van der Waals surface area contributed by atoms with Crippen LogP contribution in [0.5, 0.6) is 0 Å². The van der Waals surface area contributed by atoms with Crippen LogP contribution in [0, 0.1) is 0 Å². The Bertz CT molecular complexity index is 187. The molecule has 0 radical (unpaired) electrons. The Morgan fingerprint density at radius 3 is 2.70 bits per heavy atom. The van der Waals surface area contributed by atoms with E-state index < -0.39 is 0 Å². The normalized spacial score (nSPS) is 11.9. The van der Waals surface area contributed by atoms with Crippen LogP contribution in [0.2, 0.25) is 0 Å². The molecular formula is C8H14N2. The number of aromatic nitrogens is 2. The third-order valence-electron chi connectivity index (χ3n) is 2.08. The Hall–Kier alpha value is -0.790. The van der Waals surface area contributed by atoms with E-state index in [9.17, 15) is 0 Å². The topological polar surface area (TPSA) is 28.7 Å². The van der Waals surface area contributed by atoms with E-state index in [0.29, 0.717) is 0 Å². The highest BCUT2D eigenvalue weighted by atomic mass is 15.1. The molecule has 0 aliphatic rings. The van der Waals surface area contributed by atoms with Crippen LogP contribution in [0.3, 0.4) is 0 Å². The van der Waals surface area contributed by atoms with E-state index in [0.717, 1.165) is 12.1 Å². The van der Waals surface area contributed by atoms with E-state index in [1.807, 2.05) is 12.3 Å². The molecule has 1 heterocycles. The van der Waals surface area contributed by atoms with Gasteiger partial charge >= 0.3 is 0 Å². The number of hydrogen-bond donors (Lipinski definition) is 1. The van der Waals surface area contributed by atoms with Gasteiger partial charge in [0.25, 0.3) is 0 Å². The van der Waals surface area contributed by atoms with E-state index in [1.165, 1.54) is 0 Å². The lowest BCUT2D eigenvalue weighted by molar-refractivity contribution is 0.489. The van der Waals surface area contributed by atoms with Crippen molar-refractivity contribution in [3.63, 3.8) is 0 Å². The standard InChI is InChI=1S/C8H14N2/c1-4-8(2,3)7-5-6-9-10-7/h5-6H,4H2,1-3H3,(H,9,10). The maximum atomic E-state index is 4.13. The number of nitrogens with one attached hydrogen (secondary N) is 1. The average Bonchev–Trinajstić information content (AvgIpc) is 2.38. The lowest BCUT2D eigenvalue weighted by Gasteiger charge is -2.18. The highest BCUT2D eigenvalue weighted by Crippen LogP contribution is 2.23. The smallest absolute Gasteiger partial charge is 0.0678 e. The molecule has 2 nitrogen and oxygen atoms in total. The van der Waals surface area contributed by atoms with Gasteiger partial charge in [-0.15, -0.1) is 0 Å². The van der Waals surface area contributed by atoms with Crippen LogP contribution >= 0.6 is 0 Å². The first-order valence-electron chi connectivity index (χ1n) is 3.67. The van der Waals surface area contributed by atoms with Crippen LogP contribution in [0.15, 0.2) is 12.3 Å². The minimum absolute atomic E-state index is 0.222. The Kier molecular flexibility index (Phi) is 1.79. The highest BCUT2D eigenvalue weighted by Gasteiger charge is 2.19. The molecule has 0 atom stereocenters. The summed E-state index contributed by atoms with van der Waals surface area (Å²) in [5.74, 6) is 0. The van der Waals surface area contributed by atoms with Crippen LogP contribution in [0.1, 0.15) is 32.9 Å². The molecule has 56 valence electrons. The molecule has 10 heavy (non-hydrogen) atoms. The molecule has 0 amide bonds. The molecule has 1 aromatic rings.